The predicted octanol–water partition coefficient (Wildman–Crippen LogP) is 2.71. The molecule has 1 aromatic carbocycles. The quantitative estimate of drug-likeness (QED) is 0.580. The maximum atomic E-state index is 9.50. The van der Waals surface area contributed by atoms with Crippen molar-refractivity contribution in [3.8, 4) is 5.75 Å². The van der Waals surface area contributed by atoms with E-state index in [2.05, 4.69) is 11.9 Å². The van der Waals surface area contributed by atoms with Crippen LogP contribution in [0.5, 0.6) is 5.75 Å². The molecular weight excluding hydrogens is 198 g/mol. The number of nitrogens with one attached hydrogen (secondary N) is 1. The molecule has 0 aliphatic rings. The predicted molar refractivity (Wildman–Crippen MR) is 59.6 cm³/mol. The largest absolute Gasteiger partial charge is 0.508 e. The summed E-state index contributed by atoms with van der Waals surface area (Å²) in [6, 6.07) is 5.13. The molecule has 2 N–H and O–H groups in total. The van der Waals surface area contributed by atoms with E-state index in [4.69, 9.17) is 11.6 Å². The third-order valence-electron chi connectivity index (χ3n) is 1.92. The molecule has 0 saturated heterocycles. The highest BCUT2D eigenvalue weighted by molar-refractivity contribution is 6.31. The van der Waals surface area contributed by atoms with E-state index in [1.807, 2.05) is 6.08 Å². The van der Waals surface area contributed by atoms with E-state index in [9.17, 15) is 5.11 Å². The highest BCUT2D eigenvalue weighted by Crippen LogP contribution is 2.24. The molecule has 3 heteroatoms. The second-order valence-corrected chi connectivity index (χ2v) is 3.40. The van der Waals surface area contributed by atoms with E-state index in [-0.39, 0.29) is 5.75 Å². The molecule has 0 aromatic heterocycles. The number of halogens is 1. The minimum absolute atomic E-state index is 0.239. The van der Waals surface area contributed by atoms with E-state index in [1.165, 1.54) is 0 Å². The lowest BCUT2D eigenvalue weighted by atomic mass is 10.2. The van der Waals surface area contributed by atoms with Crippen LogP contribution in [0.15, 0.2) is 30.9 Å². The summed E-state index contributed by atoms with van der Waals surface area (Å²) < 4.78 is 0. The van der Waals surface area contributed by atoms with Gasteiger partial charge in [0, 0.05) is 17.1 Å². The third-order valence-corrected chi connectivity index (χ3v) is 2.28. The van der Waals surface area contributed by atoms with E-state index >= 15 is 0 Å². The Kier molecular flexibility index (Phi) is 4.50. The molecule has 2 nitrogen and oxygen atoms in total. The standard InChI is InChI=1S/C11H14ClNO/c1-2-3-7-13-8-9-10(12)5-4-6-11(9)14/h2,4-6,13-14H,1,3,7-8H2. The van der Waals surface area contributed by atoms with Crippen LogP contribution < -0.4 is 5.32 Å². The maximum absolute atomic E-state index is 9.50. The smallest absolute Gasteiger partial charge is 0.121 e. The topological polar surface area (TPSA) is 32.3 Å². The molecule has 14 heavy (non-hydrogen) atoms. The van der Waals surface area contributed by atoms with Crippen molar-refractivity contribution < 1.29 is 5.11 Å². The monoisotopic (exact) mass is 211 g/mol. The van der Waals surface area contributed by atoms with Crippen molar-refractivity contribution in [3.05, 3.63) is 41.4 Å². The summed E-state index contributed by atoms with van der Waals surface area (Å²) in [6.45, 7) is 5.05. The number of aromatic hydroxyl groups is 1. The lowest BCUT2D eigenvalue weighted by molar-refractivity contribution is 0.465. The lowest BCUT2D eigenvalue weighted by Crippen LogP contribution is -2.14. The molecule has 0 spiro atoms. The zero-order valence-corrected chi connectivity index (χ0v) is 8.72. The van der Waals surface area contributed by atoms with Gasteiger partial charge in [-0.25, -0.2) is 0 Å². The molecular formula is C11H14ClNO. The number of benzene rings is 1. The molecule has 0 unspecified atom stereocenters. The van der Waals surface area contributed by atoms with Crippen molar-refractivity contribution in [2.75, 3.05) is 6.54 Å². The molecule has 0 atom stereocenters. The van der Waals surface area contributed by atoms with E-state index in [0.717, 1.165) is 18.5 Å². The summed E-state index contributed by atoms with van der Waals surface area (Å²) in [5.74, 6) is 0.239. The summed E-state index contributed by atoms with van der Waals surface area (Å²) >= 11 is 5.92. The Hall–Kier alpha value is -0.990. The van der Waals surface area contributed by atoms with Gasteiger partial charge < -0.3 is 10.4 Å². The van der Waals surface area contributed by atoms with Crippen LogP contribution in [0.25, 0.3) is 0 Å². The molecule has 0 amide bonds. The first kappa shape index (κ1) is 11.1. The molecule has 0 bridgehead atoms. The number of rotatable bonds is 5. The lowest BCUT2D eigenvalue weighted by Gasteiger charge is -2.07. The van der Waals surface area contributed by atoms with Crippen LogP contribution in [0.1, 0.15) is 12.0 Å². The third kappa shape index (κ3) is 3.05. The van der Waals surface area contributed by atoms with Gasteiger partial charge in [-0.2, -0.15) is 0 Å². The van der Waals surface area contributed by atoms with Crippen LogP contribution >= 0.6 is 11.6 Å². The molecule has 76 valence electrons. The first-order chi connectivity index (χ1) is 6.75. The van der Waals surface area contributed by atoms with Crippen molar-refractivity contribution in [2.45, 2.75) is 13.0 Å². The van der Waals surface area contributed by atoms with Crippen LogP contribution in [0.3, 0.4) is 0 Å². The average molecular weight is 212 g/mol. The van der Waals surface area contributed by atoms with Crippen molar-refractivity contribution in [2.24, 2.45) is 0 Å². The zero-order chi connectivity index (χ0) is 10.4. The van der Waals surface area contributed by atoms with Gasteiger partial charge in [0.2, 0.25) is 0 Å². The summed E-state index contributed by atoms with van der Waals surface area (Å²) in [5, 5.41) is 13.3. The Balaban J connectivity index is 2.53. The second-order valence-electron chi connectivity index (χ2n) is 2.99. The van der Waals surface area contributed by atoms with E-state index < -0.39 is 0 Å². The van der Waals surface area contributed by atoms with Crippen LogP contribution in [0.4, 0.5) is 0 Å². The van der Waals surface area contributed by atoms with Gasteiger partial charge in [-0.1, -0.05) is 23.7 Å². The molecule has 1 rings (SSSR count). The van der Waals surface area contributed by atoms with Crippen LogP contribution in [0, 0.1) is 0 Å². The Morgan fingerprint density at radius 2 is 2.29 bits per heavy atom. The van der Waals surface area contributed by atoms with Gasteiger partial charge in [-0.3, -0.25) is 0 Å². The fraction of sp³-hybridized carbons (Fsp3) is 0.273. The Morgan fingerprint density at radius 1 is 1.50 bits per heavy atom. The van der Waals surface area contributed by atoms with Crippen molar-refractivity contribution in [1.82, 2.24) is 5.32 Å². The minimum Gasteiger partial charge on any atom is -0.508 e. The van der Waals surface area contributed by atoms with Crippen LogP contribution in [0.2, 0.25) is 5.02 Å². The van der Waals surface area contributed by atoms with Crippen molar-refractivity contribution >= 4 is 11.6 Å². The Morgan fingerprint density at radius 3 is 2.93 bits per heavy atom. The summed E-state index contributed by atoms with van der Waals surface area (Å²) in [7, 11) is 0. The summed E-state index contributed by atoms with van der Waals surface area (Å²) in [4.78, 5) is 0. The average Bonchev–Trinajstić information content (AvgIpc) is 2.16. The second kappa shape index (κ2) is 5.68. The highest BCUT2D eigenvalue weighted by atomic mass is 35.5. The van der Waals surface area contributed by atoms with Gasteiger partial charge in [-0.15, -0.1) is 6.58 Å². The normalized spacial score (nSPS) is 10.1. The fourth-order valence-electron chi connectivity index (χ4n) is 1.14. The van der Waals surface area contributed by atoms with Crippen molar-refractivity contribution in [3.63, 3.8) is 0 Å². The summed E-state index contributed by atoms with van der Waals surface area (Å²) in [5.41, 5.74) is 0.748. The van der Waals surface area contributed by atoms with E-state index in [1.54, 1.807) is 18.2 Å². The molecule has 0 aliphatic carbocycles. The first-order valence-electron chi connectivity index (χ1n) is 4.53. The molecule has 1 aromatic rings. The zero-order valence-electron chi connectivity index (χ0n) is 7.96. The molecule has 0 aliphatic heterocycles. The fourth-order valence-corrected chi connectivity index (χ4v) is 1.38. The van der Waals surface area contributed by atoms with Gasteiger partial charge in [-0.05, 0) is 25.1 Å². The number of hydrogen-bond donors (Lipinski definition) is 2. The first-order valence-corrected chi connectivity index (χ1v) is 4.91. The number of phenols is 1. The van der Waals surface area contributed by atoms with Gasteiger partial charge in [0.05, 0.1) is 0 Å². The van der Waals surface area contributed by atoms with Gasteiger partial charge >= 0.3 is 0 Å². The molecule has 0 heterocycles. The van der Waals surface area contributed by atoms with Gasteiger partial charge in [0.25, 0.3) is 0 Å². The van der Waals surface area contributed by atoms with Crippen LogP contribution in [-0.4, -0.2) is 11.7 Å². The Bertz CT molecular complexity index is 292. The molecule has 0 saturated carbocycles. The number of hydrogen-bond acceptors (Lipinski definition) is 2. The van der Waals surface area contributed by atoms with E-state index in [0.29, 0.717) is 11.6 Å². The summed E-state index contributed by atoms with van der Waals surface area (Å²) in [6.07, 6.45) is 2.75. The van der Waals surface area contributed by atoms with Crippen molar-refractivity contribution in [1.29, 1.82) is 0 Å². The highest BCUT2D eigenvalue weighted by Gasteiger charge is 2.04. The maximum Gasteiger partial charge on any atom is 0.121 e. The van der Waals surface area contributed by atoms with Gasteiger partial charge in [0.1, 0.15) is 5.75 Å². The molecule has 0 fully saturated rings. The number of phenolic OH excluding ortho intramolecular Hbond substituents is 1. The van der Waals surface area contributed by atoms with Crippen LogP contribution in [-0.2, 0) is 6.54 Å². The SMILES string of the molecule is C=CCCNCc1c(O)cccc1Cl. The minimum atomic E-state index is 0.239. The Labute approximate surface area is 89.2 Å². The van der Waals surface area contributed by atoms with Gasteiger partial charge in [0.15, 0.2) is 0 Å². The molecule has 0 radical (unpaired) electrons.